The lowest BCUT2D eigenvalue weighted by atomic mass is 9.92. The number of aryl methyl sites for hydroxylation is 1. The molecule has 3 heteroatoms. The molecule has 2 unspecified atom stereocenters. The molecule has 0 amide bonds. The summed E-state index contributed by atoms with van der Waals surface area (Å²) in [5, 5.41) is 0. The van der Waals surface area contributed by atoms with E-state index >= 15 is 0 Å². The fraction of sp³-hybridized carbons (Fsp3) is 0.500. The predicted molar refractivity (Wildman–Crippen MR) is 66.7 cm³/mol. The summed E-state index contributed by atoms with van der Waals surface area (Å²) >= 11 is 2.03. The number of nitrogens with one attached hydrogen (secondary N) is 1. The minimum Gasteiger partial charge on any atom is -0.271 e. The Morgan fingerprint density at radius 3 is 2.67 bits per heavy atom. The van der Waals surface area contributed by atoms with E-state index in [2.05, 4.69) is 36.6 Å². The summed E-state index contributed by atoms with van der Waals surface area (Å²) in [6.45, 7) is 2.11. The van der Waals surface area contributed by atoms with Crippen LogP contribution in [0.5, 0.6) is 0 Å². The second kappa shape index (κ2) is 5.01. The van der Waals surface area contributed by atoms with E-state index in [4.69, 9.17) is 5.84 Å². The zero-order valence-corrected chi connectivity index (χ0v) is 9.89. The van der Waals surface area contributed by atoms with E-state index in [1.807, 2.05) is 11.8 Å². The maximum atomic E-state index is 5.66. The molecule has 0 bridgehead atoms. The third kappa shape index (κ3) is 2.54. The van der Waals surface area contributed by atoms with Gasteiger partial charge in [0.1, 0.15) is 0 Å². The lowest BCUT2D eigenvalue weighted by Crippen LogP contribution is -2.33. The summed E-state index contributed by atoms with van der Waals surface area (Å²) in [6, 6.07) is 9.00. The molecule has 2 rings (SSSR count). The van der Waals surface area contributed by atoms with Crippen molar-refractivity contribution in [1.82, 2.24) is 5.43 Å². The van der Waals surface area contributed by atoms with E-state index in [0.717, 1.165) is 0 Å². The highest BCUT2D eigenvalue weighted by molar-refractivity contribution is 7.99. The number of hydrazine groups is 1. The second-order valence-electron chi connectivity index (χ2n) is 4.18. The zero-order valence-electron chi connectivity index (χ0n) is 9.07. The Balaban J connectivity index is 2.14. The van der Waals surface area contributed by atoms with Crippen LogP contribution in [0.3, 0.4) is 0 Å². The third-order valence-electron chi connectivity index (χ3n) is 3.05. The maximum absolute atomic E-state index is 5.66. The van der Waals surface area contributed by atoms with E-state index in [0.29, 0.717) is 12.0 Å². The average Bonchev–Trinajstić information content (AvgIpc) is 2.75. The average molecular weight is 222 g/mol. The number of nitrogens with two attached hydrogens (primary N) is 1. The summed E-state index contributed by atoms with van der Waals surface area (Å²) in [5.41, 5.74) is 5.58. The summed E-state index contributed by atoms with van der Waals surface area (Å²) < 4.78 is 0. The predicted octanol–water partition coefficient (Wildman–Crippen LogP) is 2.25. The fourth-order valence-electron chi connectivity index (χ4n) is 2.09. The van der Waals surface area contributed by atoms with E-state index in [1.54, 1.807) is 0 Å². The molecule has 1 aliphatic rings. The van der Waals surface area contributed by atoms with E-state index in [-0.39, 0.29) is 0 Å². The van der Waals surface area contributed by atoms with E-state index in [1.165, 1.54) is 29.1 Å². The monoisotopic (exact) mass is 222 g/mol. The summed E-state index contributed by atoms with van der Waals surface area (Å²) in [5.74, 6) is 8.84. The summed E-state index contributed by atoms with van der Waals surface area (Å²) in [6.07, 6.45) is 1.27. The first-order chi connectivity index (χ1) is 7.31. The molecular weight excluding hydrogens is 204 g/mol. The molecule has 0 saturated carbocycles. The lowest BCUT2D eigenvalue weighted by Gasteiger charge is -2.22. The Bertz CT molecular complexity index is 304. The first-order valence-electron chi connectivity index (χ1n) is 5.41. The van der Waals surface area contributed by atoms with Gasteiger partial charge in [0.2, 0.25) is 0 Å². The van der Waals surface area contributed by atoms with Crippen LogP contribution >= 0.6 is 11.8 Å². The van der Waals surface area contributed by atoms with Gasteiger partial charge in [-0.2, -0.15) is 11.8 Å². The number of benzene rings is 1. The van der Waals surface area contributed by atoms with Gasteiger partial charge in [-0.25, -0.2) is 0 Å². The zero-order chi connectivity index (χ0) is 10.7. The Labute approximate surface area is 95.6 Å². The van der Waals surface area contributed by atoms with Crippen molar-refractivity contribution in [3.05, 3.63) is 35.4 Å². The third-order valence-corrected chi connectivity index (χ3v) is 4.24. The van der Waals surface area contributed by atoms with Crippen LogP contribution in [0.4, 0.5) is 0 Å². The van der Waals surface area contributed by atoms with Crippen molar-refractivity contribution in [2.75, 3.05) is 11.5 Å². The van der Waals surface area contributed by atoms with Gasteiger partial charge in [-0.15, -0.1) is 0 Å². The van der Waals surface area contributed by atoms with Crippen molar-refractivity contribution in [2.45, 2.75) is 19.4 Å². The minimum atomic E-state index is 0.320. The first kappa shape index (κ1) is 11.0. The Morgan fingerprint density at radius 1 is 1.40 bits per heavy atom. The standard InChI is InChI=1S/C12H18N2S/c1-9-2-4-10(5-3-9)12(14-13)11-6-7-15-8-11/h2-5,11-12,14H,6-8,13H2,1H3. The van der Waals surface area contributed by atoms with Gasteiger partial charge in [0.05, 0.1) is 0 Å². The molecule has 2 atom stereocenters. The van der Waals surface area contributed by atoms with Crippen molar-refractivity contribution in [3.8, 4) is 0 Å². The van der Waals surface area contributed by atoms with Gasteiger partial charge < -0.3 is 0 Å². The maximum Gasteiger partial charge on any atom is 0.0496 e. The van der Waals surface area contributed by atoms with E-state index < -0.39 is 0 Å². The number of hydrogen-bond donors (Lipinski definition) is 2. The molecule has 1 aromatic rings. The lowest BCUT2D eigenvalue weighted by molar-refractivity contribution is 0.400. The first-order valence-corrected chi connectivity index (χ1v) is 6.57. The van der Waals surface area contributed by atoms with Crippen molar-refractivity contribution >= 4 is 11.8 Å². The number of rotatable bonds is 3. The Morgan fingerprint density at radius 2 is 2.13 bits per heavy atom. The fourth-order valence-corrected chi connectivity index (χ4v) is 3.39. The highest BCUT2D eigenvalue weighted by Crippen LogP contribution is 2.33. The van der Waals surface area contributed by atoms with Crippen LogP contribution in [0.25, 0.3) is 0 Å². The van der Waals surface area contributed by atoms with Crippen molar-refractivity contribution in [1.29, 1.82) is 0 Å². The van der Waals surface area contributed by atoms with Crippen LogP contribution in [-0.2, 0) is 0 Å². The topological polar surface area (TPSA) is 38.0 Å². The van der Waals surface area contributed by atoms with Crippen LogP contribution in [0.1, 0.15) is 23.6 Å². The van der Waals surface area contributed by atoms with Crippen LogP contribution in [-0.4, -0.2) is 11.5 Å². The van der Waals surface area contributed by atoms with Crippen LogP contribution < -0.4 is 11.3 Å². The molecule has 0 aliphatic carbocycles. The van der Waals surface area contributed by atoms with Gasteiger partial charge >= 0.3 is 0 Å². The van der Waals surface area contributed by atoms with Crippen molar-refractivity contribution in [3.63, 3.8) is 0 Å². The smallest absolute Gasteiger partial charge is 0.0496 e. The van der Waals surface area contributed by atoms with Crippen molar-refractivity contribution in [2.24, 2.45) is 11.8 Å². The molecule has 1 heterocycles. The Hall–Kier alpha value is -0.510. The van der Waals surface area contributed by atoms with Gasteiger partial charge in [0.25, 0.3) is 0 Å². The molecule has 3 N–H and O–H groups in total. The highest BCUT2D eigenvalue weighted by atomic mass is 32.2. The van der Waals surface area contributed by atoms with Crippen molar-refractivity contribution < 1.29 is 0 Å². The van der Waals surface area contributed by atoms with Gasteiger partial charge in [0, 0.05) is 6.04 Å². The van der Waals surface area contributed by atoms with Crippen LogP contribution in [0.2, 0.25) is 0 Å². The second-order valence-corrected chi connectivity index (χ2v) is 5.33. The highest BCUT2D eigenvalue weighted by Gasteiger charge is 2.25. The number of thioether (sulfide) groups is 1. The van der Waals surface area contributed by atoms with E-state index in [9.17, 15) is 0 Å². The summed E-state index contributed by atoms with van der Waals surface area (Å²) in [4.78, 5) is 0. The molecule has 0 spiro atoms. The quantitative estimate of drug-likeness (QED) is 0.608. The van der Waals surface area contributed by atoms with Crippen LogP contribution in [0, 0.1) is 12.8 Å². The molecule has 15 heavy (non-hydrogen) atoms. The van der Waals surface area contributed by atoms with Gasteiger partial charge in [-0.05, 0) is 36.3 Å². The number of hydrogen-bond acceptors (Lipinski definition) is 3. The normalized spacial score (nSPS) is 22.9. The summed E-state index contributed by atoms with van der Waals surface area (Å²) in [7, 11) is 0. The minimum absolute atomic E-state index is 0.320. The Kier molecular flexibility index (Phi) is 3.67. The molecule has 1 fully saturated rings. The SMILES string of the molecule is Cc1ccc(C(NN)C2CCSC2)cc1. The molecule has 1 saturated heterocycles. The molecule has 82 valence electrons. The van der Waals surface area contributed by atoms with Gasteiger partial charge in [-0.3, -0.25) is 11.3 Å². The largest absolute Gasteiger partial charge is 0.271 e. The van der Waals surface area contributed by atoms with Gasteiger partial charge in [0.15, 0.2) is 0 Å². The molecular formula is C12H18N2S. The molecule has 1 aromatic carbocycles. The molecule has 1 aliphatic heterocycles. The van der Waals surface area contributed by atoms with Gasteiger partial charge in [-0.1, -0.05) is 29.8 Å². The molecule has 2 nitrogen and oxygen atoms in total. The molecule has 0 radical (unpaired) electrons. The van der Waals surface area contributed by atoms with Crippen LogP contribution in [0.15, 0.2) is 24.3 Å². The molecule has 0 aromatic heterocycles.